The average Bonchev–Trinajstić information content (AvgIpc) is 3.79. The molecule has 5 aromatic rings. The summed E-state index contributed by atoms with van der Waals surface area (Å²) in [7, 11) is 1.49. The molecule has 312 valence electrons. The fourth-order valence-electron chi connectivity index (χ4n) is 8.04. The van der Waals surface area contributed by atoms with Gasteiger partial charge in [0.2, 0.25) is 11.8 Å². The molecule has 2 aliphatic rings. The molecule has 0 spiro atoms. The van der Waals surface area contributed by atoms with Gasteiger partial charge < -0.3 is 30.8 Å². The van der Waals surface area contributed by atoms with Crippen LogP contribution in [0.25, 0.3) is 22.3 Å². The molecule has 0 radical (unpaired) electrons. The van der Waals surface area contributed by atoms with Gasteiger partial charge in [-0.15, -0.1) is 0 Å². The van der Waals surface area contributed by atoms with Crippen LogP contribution in [0.1, 0.15) is 97.4 Å². The zero-order valence-corrected chi connectivity index (χ0v) is 33.8. The molecule has 2 aromatic heterocycles. The van der Waals surface area contributed by atoms with E-state index >= 15 is 0 Å². The molecule has 7 rings (SSSR count). The van der Waals surface area contributed by atoms with Gasteiger partial charge in [-0.05, 0) is 80.6 Å². The SMILES string of the molecule is CNC(=O)CCC(C=O)N1C(=O)c2cccc(NCCCCCCCCC(=O)N3CCCC(n4nc(-c5ccc(Oc6ccccc6)cc5)c5c(N)ncnc54)C3)c2C1=O. The highest BCUT2D eigenvalue weighted by Crippen LogP contribution is 2.35. The Kier molecular flexibility index (Phi) is 13.4. The van der Waals surface area contributed by atoms with Crippen LogP contribution in [0, 0.1) is 0 Å². The van der Waals surface area contributed by atoms with E-state index < -0.39 is 17.9 Å². The summed E-state index contributed by atoms with van der Waals surface area (Å²) in [5, 5.41) is 11.5. The Balaban J connectivity index is 0.853. The molecule has 15 nitrogen and oxygen atoms in total. The third-order valence-corrected chi connectivity index (χ3v) is 11.2. The molecule has 0 aliphatic carbocycles. The molecule has 0 bridgehead atoms. The number of imide groups is 1. The van der Waals surface area contributed by atoms with Gasteiger partial charge in [0.1, 0.15) is 35.6 Å². The predicted molar refractivity (Wildman–Crippen MR) is 227 cm³/mol. The standard InChI is InChI=1S/C45H51N9O6/c1-47-37(56)24-21-32(28-55)53-44(58)35-16-11-17-36(39(35)45(53)59)48-25-10-5-3-2-4-9-18-38(57)52-26-12-13-31(27-52)54-43-40(42(46)49-29-50-43)41(51-54)30-19-22-34(23-20-30)60-33-14-7-6-8-15-33/h6-8,11,14-17,19-20,22-23,28-29,31-32,48H,2-5,9-10,12-13,18,21,24-27H2,1H3,(H,47,56)(H2,46,49,50). The van der Waals surface area contributed by atoms with Crippen LogP contribution in [0.3, 0.4) is 0 Å². The van der Waals surface area contributed by atoms with E-state index in [0.717, 1.165) is 67.6 Å². The number of anilines is 2. The van der Waals surface area contributed by atoms with Gasteiger partial charge in [-0.1, -0.05) is 49.9 Å². The largest absolute Gasteiger partial charge is 0.457 e. The maximum absolute atomic E-state index is 13.4. The minimum absolute atomic E-state index is 0.0246. The number of benzene rings is 3. The van der Waals surface area contributed by atoms with E-state index in [2.05, 4.69) is 20.6 Å². The van der Waals surface area contributed by atoms with Gasteiger partial charge in [-0.3, -0.25) is 24.1 Å². The van der Waals surface area contributed by atoms with E-state index in [1.54, 1.807) is 18.2 Å². The van der Waals surface area contributed by atoms with Crippen LogP contribution < -0.4 is 21.1 Å². The topological polar surface area (TPSA) is 195 Å². The maximum atomic E-state index is 13.4. The van der Waals surface area contributed by atoms with Gasteiger partial charge in [-0.25, -0.2) is 14.6 Å². The lowest BCUT2D eigenvalue weighted by molar-refractivity contribution is -0.133. The second-order valence-electron chi connectivity index (χ2n) is 15.2. The number of carbonyl (C=O) groups excluding carboxylic acids is 5. The first-order valence-electron chi connectivity index (χ1n) is 20.8. The van der Waals surface area contributed by atoms with Crippen LogP contribution >= 0.6 is 0 Å². The van der Waals surface area contributed by atoms with Crippen molar-refractivity contribution in [3.63, 3.8) is 0 Å². The van der Waals surface area contributed by atoms with Gasteiger partial charge in [0.05, 0.1) is 28.6 Å². The van der Waals surface area contributed by atoms with E-state index in [0.29, 0.717) is 66.3 Å². The summed E-state index contributed by atoms with van der Waals surface area (Å²) < 4.78 is 7.90. The number of nitrogens with two attached hydrogens (primary N) is 1. The van der Waals surface area contributed by atoms with Crippen molar-refractivity contribution in [2.45, 2.75) is 82.7 Å². The molecule has 4 heterocycles. The van der Waals surface area contributed by atoms with Crippen LogP contribution in [0.5, 0.6) is 11.5 Å². The van der Waals surface area contributed by atoms with Crippen molar-refractivity contribution >= 4 is 52.5 Å². The van der Waals surface area contributed by atoms with E-state index in [1.807, 2.05) is 64.2 Å². The Labute approximate surface area is 348 Å². The molecular formula is C45H51N9O6. The van der Waals surface area contributed by atoms with Crippen molar-refractivity contribution < 1.29 is 28.7 Å². The van der Waals surface area contributed by atoms with Crippen molar-refractivity contribution in [1.82, 2.24) is 34.9 Å². The lowest BCUT2D eigenvalue weighted by atomic mass is 10.0. The molecule has 1 fully saturated rings. The molecule has 60 heavy (non-hydrogen) atoms. The van der Waals surface area contributed by atoms with Crippen LogP contribution in [0.2, 0.25) is 0 Å². The number of piperidine rings is 1. The number of ether oxygens (including phenoxy) is 1. The van der Waals surface area contributed by atoms with Gasteiger partial charge >= 0.3 is 0 Å². The van der Waals surface area contributed by atoms with Crippen LogP contribution in [0.4, 0.5) is 11.5 Å². The number of hydrogen-bond donors (Lipinski definition) is 3. The van der Waals surface area contributed by atoms with Crippen molar-refractivity contribution in [1.29, 1.82) is 0 Å². The number of fused-ring (bicyclic) bond motifs is 2. The number of nitrogens with one attached hydrogen (secondary N) is 2. The van der Waals surface area contributed by atoms with Crippen LogP contribution in [-0.2, 0) is 14.4 Å². The fourth-order valence-corrected chi connectivity index (χ4v) is 8.04. The zero-order valence-electron chi connectivity index (χ0n) is 33.8. The second kappa shape index (κ2) is 19.4. The summed E-state index contributed by atoms with van der Waals surface area (Å²) in [6.07, 6.45) is 9.92. The number of aldehydes is 1. The number of aromatic nitrogens is 4. The number of likely N-dealkylation sites (tertiary alicyclic amines) is 1. The number of nitrogen functional groups attached to an aromatic ring is 1. The Morgan fingerprint density at radius 2 is 1.65 bits per heavy atom. The molecule has 2 atom stereocenters. The first-order valence-corrected chi connectivity index (χ1v) is 20.8. The number of unbranched alkanes of at least 4 members (excludes halogenated alkanes) is 5. The quantitative estimate of drug-likeness (QED) is 0.0464. The zero-order chi connectivity index (χ0) is 42.0. The Morgan fingerprint density at radius 3 is 2.42 bits per heavy atom. The minimum atomic E-state index is -1.01. The molecular weight excluding hydrogens is 763 g/mol. The molecule has 4 amide bonds. The summed E-state index contributed by atoms with van der Waals surface area (Å²) in [5.74, 6) is 0.636. The number of rotatable bonds is 19. The predicted octanol–water partition coefficient (Wildman–Crippen LogP) is 6.56. The lowest BCUT2D eigenvalue weighted by Crippen LogP contribution is -2.41. The van der Waals surface area contributed by atoms with Gasteiger partial charge in [-0.2, -0.15) is 5.10 Å². The van der Waals surface area contributed by atoms with Crippen molar-refractivity contribution in [3.8, 4) is 22.8 Å². The van der Waals surface area contributed by atoms with Crippen molar-refractivity contribution in [2.24, 2.45) is 0 Å². The number of hydrogen-bond acceptors (Lipinski definition) is 11. The van der Waals surface area contributed by atoms with Gasteiger partial charge in [0.25, 0.3) is 11.8 Å². The molecule has 0 saturated carbocycles. The minimum Gasteiger partial charge on any atom is -0.457 e. The molecule has 2 aliphatic heterocycles. The highest BCUT2D eigenvalue weighted by molar-refractivity contribution is 6.24. The smallest absolute Gasteiger partial charge is 0.264 e. The average molecular weight is 814 g/mol. The first-order chi connectivity index (χ1) is 29.3. The number of amides is 4. The lowest BCUT2D eigenvalue weighted by Gasteiger charge is -2.33. The highest BCUT2D eigenvalue weighted by Gasteiger charge is 2.41. The van der Waals surface area contributed by atoms with Crippen LogP contribution in [-0.4, -0.2) is 92.2 Å². The summed E-state index contributed by atoms with van der Waals surface area (Å²) in [4.78, 5) is 75.2. The number of carbonyl (C=O) groups is 5. The fraction of sp³-hybridized carbons (Fsp3) is 0.378. The van der Waals surface area contributed by atoms with E-state index in [1.165, 1.54) is 13.4 Å². The van der Waals surface area contributed by atoms with Crippen LogP contribution in [0.15, 0.2) is 79.1 Å². The second-order valence-corrected chi connectivity index (χ2v) is 15.2. The Morgan fingerprint density at radius 1 is 0.900 bits per heavy atom. The molecule has 2 unspecified atom stereocenters. The Bertz CT molecular complexity index is 2330. The maximum Gasteiger partial charge on any atom is 0.264 e. The van der Waals surface area contributed by atoms with Gasteiger partial charge in [0.15, 0.2) is 5.65 Å². The Hall–Kier alpha value is -6.64. The highest BCUT2D eigenvalue weighted by atomic mass is 16.5. The number of nitrogens with zero attached hydrogens (tertiary/aromatic N) is 6. The molecule has 15 heteroatoms. The van der Waals surface area contributed by atoms with E-state index in [-0.39, 0.29) is 41.8 Å². The summed E-state index contributed by atoms with van der Waals surface area (Å²) in [5.41, 5.74) is 9.68. The first kappa shape index (κ1) is 41.5. The van der Waals surface area contributed by atoms with E-state index in [4.69, 9.17) is 15.6 Å². The molecule has 1 saturated heterocycles. The van der Waals surface area contributed by atoms with Gasteiger partial charge in [0, 0.05) is 50.8 Å². The van der Waals surface area contributed by atoms with Crippen molar-refractivity contribution in [2.75, 3.05) is 37.7 Å². The summed E-state index contributed by atoms with van der Waals surface area (Å²) in [6.45, 7) is 1.88. The summed E-state index contributed by atoms with van der Waals surface area (Å²) in [6, 6.07) is 21.3. The molecule has 4 N–H and O–H groups in total. The third-order valence-electron chi connectivity index (χ3n) is 11.2. The summed E-state index contributed by atoms with van der Waals surface area (Å²) >= 11 is 0. The normalized spacial score (nSPS) is 15.5. The molecule has 3 aromatic carbocycles. The number of para-hydroxylation sites is 1. The van der Waals surface area contributed by atoms with Crippen molar-refractivity contribution in [3.05, 3.63) is 90.3 Å². The third kappa shape index (κ3) is 9.30. The van der Waals surface area contributed by atoms with E-state index in [9.17, 15) is 24.0 Å². The monoisotopic (exact) mass is 813 g/mol.